The van der Waals surface area contributed by atoms with Gasteiger partial charge in [0.15, 0.2) is 5.69 Å². The maximum absolute atomic E-state index is 11.7. The predicted molar refractivity (Wildman–Crippen MR) is 69.4 cm³/mol. The minimum Gasteiger partial charge on any atom is -0.461 e. The van der Waals surface area contributed by atoms with E-state index in [0.29, 0.717) is 12.3 Å². The Hall–Kier alpha value is -1.11. The van der Waals surface area contributed by atoms with Crippen molar-refractivity contribution < 1.29 is 9.53 Å². The summed E-state index contributed by atoms with van der Waals surface area (Å²) in [4.78, 5) is 11.7. The Morgan fingerprint density at radius 2 is 2.31 bits per heavy atom. The number of hydrogen-bond acceptors (Lipinski definition) is 3. The molecule has 0 amide bonds. The Labute approximate surface area is 107 Å². The first-order chi connectivity index (χ1) is 7.63. The predicted octanol–water partition coefficient (Wildman–Crippen LogP) is 2.35. The number of aryl methyl sites for hydroxylation is 1. The molecule has 2 rings (SSSR count). The summed E-state index contributed by atoms with van der Waals surface area (Å²) in [6.45, 7) is 2.16. The molecule has 4 nitrogen and oxygen atoms in total. The average Bonchev–Trinajstić information content (AvgIpc) is 2.53. The van der Waals surface area contributed by atoms with Crippen molar-refractivity contribution in [2.75, 3.05) is 6.61 Å². The van der Waals surface area contributed by atoms with Gasteiger partial charge in [0.1, 0.15) is 0 Å². The largest absolute Gasteiger partial charge is 0.461 e. The summed E-state index contributed by atoms with van der Waals surface area (Å²) < 4.78 is 7.67. The molecule has 16 heavy (non-hydrogen) atoms. The number of aromatic nitrogens is 2. The number of esters is 1. The third-order valence-electron chi connectivity index (χ3n) is 2.27. The van der Waals surface area contributed by atoms with Crippen LogP contribution in [0.2, 0.25) is 0 Å². The number of ether oxygens (including phenoxy) is 1. The lowest BCUT2D eigenvalue weighted by Crippen LogP contribution is -2.10. The molecule has 0 atom stereocenters. The van der Waals surface area contributed by atoms with Crippen LogP contribution in [-0.2, 0) is 11.8 Å². The molecule has 0 aliphatic rings. The summed E-state index contributed by atoms with van der Waals surface area (Å²) in [6, 6.07) is 5.79. The van der Waals surface area contributed by atoms with Gasteiger partial charge in [0.05, 0.1) is 12.1 Å². The summed E-state index contributed by atoms with van der Waals surface area (Å²) in [6.07, 6.45) is 0. The van der Waals surface area contributed by atoms with Crippen molar-refractivity contribution in [3.8, 4) is 0 Å². The molecule has 84 valence electrons. The highest BCUT2D eigenvalue weighted by Gasteiger charge is 2.17. The van der Waals surface area contributed by atoms with Gasteiger partial charge < -0.3 is 4.74 Å². The van der Waals surface area contributed by atoms with E-state index in [0.717, 1.165) is 14.5 Å². The molecule has 0 radical (unpaired) electrons. The van der Waals surface area contributed by atoms with Gasteiger partial charge in [-0.05, 0) is 47.7 Å². The SMILES string of the molecule is CCOC(=O)c1c2ccc(I)cc2nn1C. The first-order valence-corrected chi connectivity index (χ1v) is 6.00. The molecule has 0 fully saturated rings. The van der Waals surface area contributed by atoms with Crippen molar-refractivity contribution in [2.24, 2.45) is 7.05 Å². The first-order valence-electron chi connectivity index (χ1n) is 4.93. The van der Waals surface area contributed by atoms with E-state index in [1.807, 2.05) is 18.2 Å². The van der Waals surface area contributed by atoms with Crippen molar-refractivity contribution >= 4 is 39.5 Å². The zero-order chi connectivity index (χ0) is 11.7. The fourth-order valence-electron chi connectivity index (χ4n) is 1.62. The van der Waals surface area contributed by atoms with E-state index >= 15 is 0 Å². The standard InChI is InChI=1S/C11H11IN2O2/c1-3-16-11(15)10-8-5-4-7(12)6-9(8)13-14(10)2/h4-6H,3H2,1-2H3. The minimum absolute atomic E-state index is 0.325. The number of benzene rings is 1. The van der Waals surface area contributed by atoms with E-state index in [1.54, 1.807) is 18.7 Å². The molecule has 0 saturated carbocycles. The van der Waals surface area contributed by atoms with Gasteiger partial charge in [-0.15, -0.1) is 0 Å². The molecular weight excluding hydrogens is 319 g/mol. The zero-order valence-corrected chi connectivity index (χ0v) is 11.2. The summed E-state index contributed by atoms with van der Waals surface area (Å²) >= 11 is 2.22. The van der Waals surface area contributed by atoms with Crippen LogP contribution in [0, 0.1) is 3.57 Å². The van der Waals surface area contributed by atoms with Gasteiger partial charge in [-0.2, -0.15) is 5.10 Å². The maximum atomic E-state index is 11.7. The molecule has 1 aromatic heterocycles. The molecule has 0 bridgehead atoms. The Balaban J connectivity index is 2.60. The summed E-state index contributed by atoms with van der Waals surface area (Å²) in [7, 11) is 1.75. The molecule has 0 aliphatic carbocycles. The molecule has 0 unspecified atom stereocenters. The van der Waals surface area contributed by atoms with Crippen molar-refractivity contribution in [3.05, 3.63) is 27.5 Å². The lowest BCUT2D eigenvalue weighted by atomic mass is 10.2. The molecular formula is C11H11IN2O2. The third kappa shape index (κ3) is 1.91. The fraction of sp³-hybridized carbons (Fsp3) is 0.273. The Bertz CT molecular complexity index is 548. The van der Waals surface area contributed by atoms with Gasteiger partial charge in [0.25, 0.3) is 0 Å². The first kappa shape index (κ1) is 11.4. The van der Waals surface area contributed by atoms with Gasteiger partial charge in [0, 0.05) is 16.0 Å². The van der Waals surface area contributed by atoms with E-state index in [-0.39, 0.29) is 5.97 Å². The van der Waals surface area contributed by atoms with Crippen molar-refractivity contribution in [1.29, 1.82) is 0 Å². The number of hydrogen-bond donors (Lipinski definition) is 0. The second-order valence-electron chi connectivity index (χ2n) is 3.35. The highest BCUT2D eigenvalue weighted by atomic mass is 127. The highest BCUT2D eigenvalue weighted by Crippen LogP contribution is 2.20. The lowest BCUT2D eigenvalue weighted by molar-refractivity contribution is 0.0516. The lowest BCUT2D eigenvalue weighted by Gasteiger charge is -2.01. The van der Waals surface area contributed by atoms with E-state index in [4.69, 9.17) is 4.74 Å². The van der Waals surface area contributed by atoms with Crippen LogP contribution in [0.5, 0.6) is 0 Å². The van der Waals surface area contributed by atoms with Crippen molar-refractivity contribution in [1.82, 2.24) is 9.78 Å². The van der Waals surface area contributed by atoms with Crippen LogP contribution < -0.4 is 0 Å². The molecule has 1 aromatic carbocycles. The smallest absolute Gasteiger partial charge is 0.357 e. The molecule has 1 heterocycles. The Morgan fingerprint density at radius 3 is 3.00 bits per heavy atom. The Morgan fingerprint density at radius 1 is 1.56 bits per heavy atom. The quantitative estimate of drug-likeness (QED) is 0.627. The van der Waals surface area contributed by atoms with Gasteiger partial charge in [0.2, 0.25) is 0 Å². The number of fused-ring (bicyclic) bond motifs is 1. The van der Waals surface area contributed by atoms with Crippen molar-refractivity contribution in [3.63, 3.8) is 0 Å². The normalized spacial score (nSPS) is 10.7. The van der Waals surface area contributed by atoms with Crippen LogP contribution in [0.4, 0.5) is 0 Å². The second kappa shape index (κ2) is 4.40. The third-order valence-corrected chi connectivity index (χ3v) is 2.94. The monoisotopic (exact) mass is 330 g/mol. The van der Waals surface area contributed by atoms with Gasteiger partial charge in [-0.25, -0.2) is 4.79 Å². The maximum Gasteiger partial charge on any atom is 0.357 e. The van der Waals surface area contributed by atoms with Gasteiger partial charge >= 0.3 is 5.97 Å². The van der Waals surface area contributed by atoms with Crippen LogP contribution >= 0.6 is 22.6 Å². The van der Waals surface area contributed by atoms with E-state index < -0.39 is 0 Å². The zero-order valence-electron chi connectivity index (χ0n) is 9.03. The number of nitrogens with zero attached hydrogens (tertiary/aromatic N) is 2. The number of carbonyl (C=O) groups is 1. The molecule has 0 saturated heterocycles. The van der Waals surface area contributed by atoms with E-state index in [2.05, 4.69) is 27.7 Å². The van der Waals surface area contributed by atoms with Crippen LogP contribution in [0.15, 0.2) is 18.2 Å². The van der Waals surface area contributed by atoms with E-state index in [1.165, 1.54) is 0 Å². The van der Waals surface area contributed by atoms with E-state index in [9.17, 15) is 4.79 Å². The van der Waals surface area contributed by atoms with Crippen LogP contribution in [0.3, 0.4) is 0 Å². The van der Waals surface area contributed by atoms with Gasteiger partial charge in [-0.1, -0.05) is 0 Å². The fourth-order valence-corrected chi connectivity index (χ4v) is 2.09. The topological polar surface area (TPSA) is 44.1 Å². The Kier molecular flexibility index (Phi) is 3.13. The summed E-state index contributed by atoms with van der Waals surface area (Å²) in [5.74, 6) is -0.325. The minimum atomic E-state index is -0.325. The van der Waals surface area contributed by atoms with Crippen molar-refractivity contribution in [2.45, 2.75) is 6.92 Å². The number of carbonyl (C=O) groups excluding carboxylic acids is 1. The van der Waals surface area contributed by atoms with Gasteiger partial charge in [-0.3, -0.25) is 4.68 Å². The van der Waals surface area contributed by atoms with Crippen LogP contribution in [0.1, 0.15) is 17.4 Å². The molecule has 0 N–H and O–H groups in total. The second-order valence-corrected chi connectivity index (χ2v) is 4.60. The highest BCUT2D eigenvalue weighted by molar-refractivity contribution is 14.1. The average molecular weight is 330 g/mol. The summed E-state index contributed by atoms with van der Waals surface area (Å²) in [5, 5.41) is 5.12. The molecule has 0 spiro atoms. The number of halogens is 1. The number of rotatable bonds is 2. The molecule has 2 aromatic rings. The molecule has 5 heteroatoms. The summed E-state index contributed by atoms with van der Waals surface area (Å²) in [5.41, 5.74) is 1.32. The molecule has 0 aliphatic heterocycles. The van der Waals surface area contributed by atoms with Crippen LogP contribution in [-0.4, -0.2) is 22.4 Å². The van der Waals surface area contributed by atoms with Crippen LogP contribution in [0.25, 0.3) is 10.9 Å².